The monoisotopic (exact) mass is 407 g/mol. The zero-order valence-corrected chi connectivity index (χ0v) is 16.6. The fourth-order valence-corrected chi connectivity index (χ4v) is 4.02. The third kappa shape index (κ3) is 5.28. The summed E-state index contributed by atoms with van der Waals surface area (Å²) in [6, 6.07) is 8.76. The number of aryl methyl sites for hydroxylation is 1. The van der Waals surface area contributed by atoms with Crippen molar-refractivity contribution >= 4 is 40.9 Å². The van der Waals surface area contributed by atoms with Crippen molar-refractivity contribution in [2.45, 2.75) is 13.0 Å². The van der Waals surface area contributed by atoms with Crippen LogP contribution in [-0.4, -0.2) is 47.9 Å². The molecule has 1 aliphatic heterocycles. The maximum Gasteiger partial charge on any atom is 0.313 e. The molecule has 8 heteroatoms. The summed E-state index contributed by atoms with van der Waals surface area (Å²) in [6.45, 7) is 4.01. The summed E-state index contributed by atoms with van der Waals surface area (Å²) in [4.78, 5) is 26.7. The highest BCUT2D eigenvalue weighted by Gasteiger charge is 2.26. The molecule has 0 spiro atoms. The van der Waals surface area contributed by atoms with E-state index in [1.165, 1.54) is 0 Å². The summed E-state index contributed by atoms with van der Waals surface area (Å²) in [5.74, 6) is 1.46. The number of thioether (sulfide) groups is 1. The molecule has 0 bridgehead atoms. The van der Waals surface area contributed by atoms with Crippen LogP contribution >= 0.6 is 23.4 Å². The van der Waals surface area contributed by atoms with E-state index >= 15 is 0 Å². The van der Waals surface area contributed by atoms with E-state index in [0.717, 1.165) is 35.9 Å². The highest BCUT2D eigenvalue weighted by atomic mass is 35.5. The van der Waals surface area contributed by atoms with Gasteiger partial charge in [0.25, 0.3) is 0 Å². The van der Waals surface area contributed by atoms with Gasteiger partial charge >= 0.3 is 11.8 Å². The molecular weight excluding hydrogens is 386 g/mol. The summed E-state index contributed by atoms with van der Waals surface area (Å²) in [6.07, 6.45) is 1.62. The topological polar surface area (TPSA) is 74.6 Å². The lowest BCUT2D eigenvalue weighted by molar-refractivity contribution is -0.136. The molecule has 0 unspecified atom stereocenters. The molecule has 2 amide bonds. The van der Waals surface area contributed by atoms with Crippen molar-refractivity contribution in [2.24, 2.45) is 0 Å². The molecule has 2 N–H and O–H groups in total. The zero-order valence-electron chi connectivity index (χ0n) is 15.0. The largest absolute Gasteiger partial charge is 0.468 e. The number of amides is 2. The highest BCUT2D eigenvalue weighted by Crippen LogP contribution is 2.24. The Hall–Kier alpha value is -1.96. The van der Waals surface area contributed by atoms with Gasteiger partial charge < -0.3 is 15.1 Å². The molecule has 1 aliphatic rings. The first-order valence-electron chi connectivity index (χ1n) is 8.75. The number of hydrogen-bond acceptors (Lipinski definition) is 5. The van der Waals surface area contributed by atoms with Crippen LogP contribution in [0, 0.1) is 6.92 Å². The molecular formula is C19H22ClN3O3S. The molecule has 2 heterocycles. The van der Waals surface area contributed by atoms with Crippen LogP contribution in [0.25, 0.3) is 0 Å². The Morgan fingerprint density at radius 2 is 2.04 bits per heavy atom. The lowest BCUT2D eigenvalue weighted by Gasteiger charge is -2.33. The molecule has 1 fully saturated rings. The van der Waals surface area contributed by atoms with Crippen LogP contribution in [0.15, 0.2) is 41.0 Å². The fraction of sp³-hybridized carbons (Fsp3) is 0.368. The minimum Gasteiger partial charge on any atom is -0.468 e. The van der Waals surface area contributed by atoms with Gasteiger partial charge in [-0.05, 0) is 36.8 Å². The first-order valence-corrected chi connectivity index (χ1v) is 10.3. The average molecular weight is 408 g/mol. The van der Waals surface area contributed by atoms with Gasteiger partial charge in [-0.15, -0.1) is 0 Å². The van der Waals surface area contributed by atoms with Crippen molar-refractivity contribution in [3.8, 4) is 0 Å². The second-order valence-corrected chi connectivity index (χ2v) is 7.94. The molecule has 2 aromatic rings. The fourth-order valence-electron chi connectivity index (χ4n) is 2.91. The van der Waals surface area contributed by atoms with Gasteiger partial charge in [0.15, 0.2) is 0 Å². The molecule has 1 atom stereocenters. The second-order valence-electron chi connectivity index (χ2n) is 6.31. The Morgan fingerprint density at radius 1 is 1.26 bits per heavy atom. The summed E-state index contributed by atoms with van der Waals surface area (Å²) < 4.78 is 5.55. The lowest BCUT2D eigenvalue weighted by atomic mass is 10.2. The zero-order chi connectivity index (χ0) is 19.2. The van der Waals surface area contributed by atoms with Crippen LogP contribution < -0.4 is 10.6 Å². The van der Waals surface area contributed by atoms with Crippen LogP contribution in [0.2, 0.25) is 5.02 Å². The number of furan rings is 1. The van der Waals surface area contributed by atoms with Gasteiger partial charge in [-0.2, -0.15) is 11.8 Å². The maximum atomic E-state index is 12.2. The van der Waals surface area contributed by atoms with E-state index in [2.05, 4.69) is 15.5 Å². The molecule has 0 radical (unpaired) electrons. The number of carbonyl (C=O) groups is 2. The minimum absolute atomic E-state index is 0.0912. The van der Waals surface area contributed by atoms with Gasteiger partial charge in [-0.25, -0.2) is 0 Å². The second kappa shape index (κ2) is 9.30. The van der Waals surface area contributed by atoms with Gasteiger partial charge in [-0.3, -0.25) is 14.5 Å². The van der Waals surface area contributed by atoms with Crippen LogP contribution in [0.5, 0.6) is 0 Å². The number of halogens is 1. The van der Waals surface area contributed by atoms with Crippen molar-refractivity contribution in [3.05, 3.63) is 52.9 Å². The SMILES string of the molecule is Cc1ccc(NC(=O)C(=O)NC[C@@H](c2ccco2)N2CCSCC2)cc1Cl. The highest BCUT2D eigenvalue weighted by molar-refractivity contribution is 7.99. The minimum atomic E-state index is -0.720. The molecule has 1 aromatic carbocycles. The number of carbonyl (C=O) groups excluding carboxylic acids is 2. The van der Waals surface area contributed by atoms with Gasteiger partial charge in [0.2, 0.25) is 0 Å². The van der Waals surface area contributed by atoms with E-state index in [1.54, 1.807) is 24.5 Å². The predicted octanol–water partition coefficient (Wildman–Crippen LogP) is 3.09. The van der Waals surface area contributed by atoms with E-state index in [-0.39, 0.29) is 6.04 Å². The summed E-state index contributed by atoms with van der Waals surface area (Å²) in [7, 11) is 0. The molecule has 6 nitrogen and oxygen atoms in total. The Morgan fingerprint density at radius 3 is 2.70 bits per heavy atom. The number of rotatable bonds is 5. The van der Waals surface area contributed by atoms with E-state index in [4.69, 9.17) is 16.0 Å². The van der Waals surface area contributed by atoms with Gasteiger partial charge in [0.05, 0.1) is 12.3 Å². The van der Waals surface area contributed by atoms with E-state index in [0.29, 0.717) is 17.3 Å². The van der Waals surface area contributed by atoms with E-state index in [1.807, 2.05) is 30.8 Å². The summed E-state index contributed by atoms with van der Waals surface area (Å²) >= 11 is 7.96. The van der Waals surface area contributed by atoms with Gasteiger partial charge in [0, 0.05) is 41.8 Å². The van der Waals surface area contributed by atoms with Gasteiger partial charge in [0.1, 0.15) is 5.76 Å². The molecule has 0 saturated carbocycles. The van der Waals surface area contributed by atoms with Crippen LogP contribution in [0.4, 0.5) is 5.69 Å². The first-order chi connectivity index (χ1) is 13.0. The van der Waals surface area contributed by atoms with Crippen molar-refractivity contribution in [2.75, 3.05) is 36.5 Å². The number of anilines is 1. The smallest absolute Gasteiger partial charge is 0.313 e. The van der Waals surface area contributed by atoms with Crippen molar-refractivity contribution < 1.29 is 14.0 Å². The normalized spacial score (nSPS) is 15.9. The third-order valence-electron chi connectivity index (χ3n) is 4.45. The summed E-state index contributed by atoms with van der Waals surface area (Å²) in [5.41, 5.74) is 1.39. The van der Waals surface area contributed by atoms with E-state index in [9.17, 15) is 9.59 Å². The quantitative estimate of drug-likeness (QED) is 0.745. The predicted molar refractivity (Wildman–Crippen MR) is 108 cm³/mol. The Bertz CT molecular complexity index is 792. The van der Waals surface area contributed by atoms with Crippen LogP contribution in [0.3, 0.4) is 0 Å². The standard InChI is InChI=1S/C19H22ClN3O3S/c1-13-4-5-14(11-15(13)20)22-19(25)18(24)21-12-16(17-3-2-8-26-17)23-6-9-27-10-7-23/h2-5,8,11,16H,6-7,9-10,12H2,1H3,(H,21,24)(H,22,25)/t16-/m0/s1. The molecule has 1 saturated heterocycles. The lowest BCUT2D eigenvalue weighted by Crippen LogP contribution is -2.44. The van der Waals surface area contributed by atoms with Gasteiger partial charge in [-0.1, -0.05) is 17.7 Å². The van der Waals surface area contributed by atoms with Crippen LogP contribution in [0.1, 0.15) is 17.4 Å². The first kappa shape index (κ1) is 19.8. The Balaban J connectivity index is 1.59. The number of benzene rings is 1. The average Bonchev–Trinajstić information content (AvgIpc) is 3.20. The molecule has 3 rings (SSSR count). The summed E-state index contributed by atoms with van der Waals surface area (Å²) in [5, 5.41) is 5.83. The number of hydrogen-bond donors (Lipinski definition) is 2. The van der Waals surface area contributed by atoms with E-state index < -0.39 is 11.8 Å². The molecule has 144 valence electrons. The van der Waals surface area contributed by atoms with Crippen molar-refractivity contribution in [1.29, 1.82) is 0 Å². The number of nitrogens with one attached hydrogen (secondary N) is 2. The molecule has 1 aromatic heterocycles. The molecule has 0 aliphatic carbocycles. The Labute approximate surface area is 167 Å². The van der Waals surface area contributed by atoms with Crippen molar-refractivity contribution in [1.82, 2.24) is 10.2 Å². The van der Waals surface area contributed by atoms with Crippen LogP contribution in [-0.2, 0) is 9.59 Å². The molecule has 27 heavy (non-hydrogen) atoms. The Kier molecular flexibility index (Phi) is 6.82. The number of nitrogens with zero attached hydrogens (tertiary/aromatic N) is 1. The third-order valence-corrected chi connectivity index (χ3v) is 5.80. The maximum absolute atomic E-state index is 12.2. The van der Waals surface area contributed by atoms with Crippen molar-refractivity contribution in [3.63, 3.8) is 0 Å².